The summed E-state index contributed by atoms with van der Waals surface area (Å²) in [5.41, 5.74) is 3.35. The van der Waals surface area contributed by atoms with Crippen LogP contribution in [0.1, 0.15) is 23.3 Å². The molecule has 0 aliphatic heterocycles. The first-order chi connectivity index (χ1) is 14.1. The molecule has 0 aliphatic rings. The number of nitrogens with zero attached hydrogens (tertiary/aromatic N) is 2. The van der Waals surface area contributed by atoms with E-state index in [1.54, 1.807) is 23.9 Å². The Morgan fingerprint density at radius 1 is 1.00 bits per heavy atom. The monoisotopic (exact) mass is 389 g/mol. The number of fused-ring (bicyclic) bond motifs is 3. The average Bonchev–Trinajstić information content (AvgIpc) is 3.25. The standard InChI is InChI=1S/C23H23N3O3/c1-25-15-16(14-21(25)23(28)29-2)24-22(27)12-7-13-26-19-10-5-3-8-17(19)18-9-4-6-11-20(18)26/h3-6,8-11,14-15H,7,12-13H2,1-2H3,(H,24,27). The molecule has 2 aromatic carbocycles. The molecule has 1 amide bonds. The van der Waals surface area contributed by atoms with Gasteiger partial charge >= 0.3 is 5.97 Å². The minimum atomic E-state index is -0.431. The number of anilines is 1. The van der Waals surface area contributed by atoms with Gasteiger partial charge in [-0.3, -0.25) is 4.79 Å². The predicted molar refractivity (Wildman–Crippen MR) is 114 cm³/mol. The molecule has 0 unspecified atom stereocenters. The van der Waals surface area contributed by atoms with Crippen molar-refractivity contribution in [1.82, 2.24) is 9.13 Å². The second-order valence-corrected chi connectivity index (χ2v) is 7.05. The number of hydrogen-bond donors (Lipinski definition) is 1. The first kappa shape index (κ1) is 18.8. The summed E-state index contributed by atoms with van der Waals surface area (Å²) >= 11 is 0. The lowest BCUT2D eigenvalue weighted by molar-refractivity contribution is -0.116. The molecule has 1 N–H and O–H groups in total. The minimum absolute atomic E-state index is 0.0761. The largest absolute Gasteiger partial charge is 0.464 e. The summed E-state index contributed by atoms with van der Waals surface area (Å²) in [7, 11) is 3.08. The summed E-state index contributed by atoms with van der Waals surface area (Å²) in [4.78, 5) is 24.1. The van der Waals surface area contributed by atoms with Crippen LogP contribution in [-0.4, -0.2) is 28.1 Å². The van der Waals surface area contributed by atoms with Crippen molar-refractivity contribution >= 4 is 39.4 Å². The van der Waals surface area contributed by atoms with E-state index in [1.165, 1.54) is 28.9 Å². The van der Waals surface area contributed by atoms with Gasteiger partial charge in [0.25, 0.3) is 0 Å². The van der Waals surface area contributed by atoms with Crippen molar-refractivity contribution in [1.29, 1.82) is 0 Å². The SMILES string of the molecule is COC(=O)c1cc(NC(=O)CCCn2c3ccccc3c3ccccc32)cn1C. The van der Waals surface area contributed by atoms with E-state index in [2.05, 4.69) is 46.3 Å². The Labute approximate surface area is 168 Å². The van der Waals surface area contributed by atoms with E-state index in [0.29, 0.717) is 24.2 Å². The molecule has 29 heavy (non-hydrogen) atoms. The summed E-state index contributed by atoms with van der Waals surface area (Å²) < 4.78 is 8.65. The van der Waals surface area contributed by atoms with Crippen molar-refractivity contribution < 1.29 is 14.3 Å². The van der Waals surface area contributed by atoms with Crippen LogP contribution >= 0.6 is 0 Å². The first-order valence-corrected chi connectivity index (χ1v) is 9.59. The second kappa shape index (κ2) is 7.83. The fraction of sp³-hybridized carbons (Fsp3) is 0.217. The first-order valence-electron chi connectivity index (χ1n) is 9.59. The number of para-hydroxylation sites is 2. The molecule has 0 radical (unpaired) electrons. The third kappa shape index (κ3) is 3.61. The Morgan fingerprint density at radius 3 is 2.24 bits per heavy atom. The van der Waals surface area contributed by atoms with Gasteiger partial charge in [-0.2, -0.15) is 0 Å². The highest BCUT2D eigenvalue weighted by Crippen LogP contribution is 2.29. The fourth-order valence-electron chi connectivity index (χ4n) is 3.81. The zero-order valence-corrected chi connectivity index (χ0v) is 16.5. The molecule has 6 nitrogen and oxygen atoms in total. The number of esters is 1. The van der Waals surface area contributed by atoms with Gasteiger partial charge in [0.05, 0.1) is 12.8 Å². The van der Waals surface area contributed by atoms with Gasteiger partial charge in [0.15, 0.2) is 0 Å². The zero-order chi connectivity index (χ0) is 20.4. The number of amides is 1. The Morgan fingerprint density at radius 2 is 1.62 bits per heavy atom. The van der Waals surface area contributed by atoms with Gasteiger partial charge in [-0.25, -0.2) is 4.79 Å². The predicted octanol–water partition coefficient (Wildman–Crippen LogP) is 4.34. The maximum atomic E-state index is 12.4. The number of benzene rings is 2. The lowest BCUT2D eigenvalue weighted by Gasteiger charge is -2.08. The Balaban J connectivity index is 1.44. The number of carbonyl (C=O) groups is 2. The van der Waals surface area contributed by atoms with E-state index in [-0.39, 0.29) is 5.91 Å². The van der Waals surface area contributed by atoms with Crippen molar-refractivity contribution in [3.8, 4) is 0 Å². The highest BCUT2D eigenvalue weighted by molar-refractivity contribution is 6.08. The smallest absolute Gasteiger partial charge is 0.354 e. The van der Waals surface area contributed by atoms with E-state index in [1.807, 2.05) is 12.1 Å². The number of nitrogens with one attached hydrogen (secondary N) is 1. The van der Waals surface area contributed by atoms with Crippen molar-refractivity contribution in [3.05, 3.63) is 66.5 Å². The number of hydrogen-bond acceptors (Lipinski definition) is 3. The molecule has 0 aliphatic carbocycles. The van der Waals surface area contributed by atoms with Gasteiger partial charge in [-0.1, -0.05) is 36.4 Å². The third-order valence-corrected chi connectivity index (χ3v) is 5.15. The van der Waals surface area contributed by atoms with Gasteiger partial charge in [0.1, 0.15) is 5.69 Å². The molecule has 4 rings (SSSR count). The minimum Gasteiger partial charge on any atom is -0.464 e. The number of aromatic nitrogens is 2. The molecule has 0 fully saturated rings. The van der Waals surface area contributed by atoms with E-state index in [0.717, 1.165) is 6.54 Å². The molecule has 0 saturated heterocycles. The van der Waals surface area contributed by atoms with E-state index >= 15 is 0 Å². The highest BCUT2D eigenvalue weighted by atomic mass is 16.5. The van der Waals surface area contributed by atoms with Crippen LogP contribution in [0.2, 0.25) is 0 Å². The highest BCUT2D eigenvalue weighted by Gasteiger charge is 2.14. The summed E-state index contributed by atoms with van der Waals surface area (Å²) in [6.07, 6.45) is 2.81. The molecule has 4 aromatic rings. The molecule has 6 heteroatoms. The molecule has 0 spiro atoms. The third-order valence-electron chi connectivity index (χ3n) is 5.15. The van der Waals surface area contributed by atoms with Gasteiger partial charge < -0.3 is 19.2 Å². The lowest BCUT2D eigenvalue weighted by Crippen LogP contribution is -2.12. The van der Waals surface area contributed by atoms with Gasteiger partial charge in [0, 0.05) is 48.0 Å². The second-order valence-electron chi connectivity index (χ2n) is 7.05. The van der Waals surface area contributed by atoms with Crippen LogP contribution in [0.15, 0.2) is 60.8 Å². The van der Waals surface area contributed by atoms with Crippen LogP contribution in [0.5, 0.6) is 0 Å². The zero-order valence-electron chi connectivity index (χ0n) is 16.5. The average molecular weight is 389 g/mol. The van der Waals surface area contributed by atoms with Crippen molar-refractivity contribution in [2.45, 2.75) is 19.4 Å². The normalized spacial score (nSPS) is 11.1. The molecular weight excluding hydrogens is 366 g/mol. The van der Waals surface area contributed by atoms with Gasteiger partial charge in [-0.15, -0.1) is 0 Å². The molecule has 0 atom stereocenters. The number of carbonyl (C=O) groups excluding carboxylic acids is 2. The fourth-order valence-corrected chi connectivity index (χ4v) is 3.81. The Kier molecular flexibility index (Phi) is 5.08. The summed E-state index contributed by atoms with van der Waals surface area (Å²) in [6.45, 7) is 0.754. The van der Waals surface area contributed by atoms with Crippen LogP contribution in [-0.2, 0) is 23.1 Å². The van der Waals surface area contributed by atoms with Crippen LogP contribution in [0, 0.1) is 0 Å². The van der Waals surface area contributed by atoms with Crippen LogP contribution in [0.25, 0.3) is 21.8 Å². The number of methoxy groups -OCH3 is 1. The van der Waals surface area contributed by atoms with E-state index in [9.17, 15) is 9.59 Å². The molecule has 148 valence electrons. The van der Waals surface area contributed by atoms with Gasteiger partial charge in [-0.05, 0) is 24.6 Å². The molecule has 0 bridgehead atoms. The number of ether oxygens (including phenoxy) is 1. The maximum Gasteiger partial charge on any atom is 0.354 e. The summed E-state index contributed by atoms with van der Waals surface area (Å²) in [6, 6.07) is 18.3. The molecule has 2 heterocycles. The maximum absolute atomic E-state index is 12.4. The Bertz CT molecular complexity index is 1150. The van der Waals surface area contributed by atoms with Crippen molar-refractivity contribution in [2.24, 2.45) is 7.05 Å². The van der Waals surface area contributed by atoms with Crippen LogP contribution in [0.4, 0.5) is 5.69 Å². The number of rotatable bonds is 6. The molecule has 0 saturated carbocycles. The lowest BCUT2D eigenvalue weighted by atomic mass is 10.2. The quantitative estimate of drug-likeness (QED) is 0.499. The number of aryl methyl sites for hydroxylation is 2. The summed E-state index contributed by atoms with van der Waals surface area (Å²) in [5.74, 6) is -0.507. The molecular formula is C23H23N3O3. The van der Waals surface area contributed by atoms with E-state index in [4.69, 9.17) is 4.74 Å². The Hall–Kier alpha value is -3.54. The summed E-state index contributed by atoms with van der Waals surface area (Å²) in [5, 5.41) is 5.32. The van der Waals surface area contributed by atoms with Gasteiger partial charge in [0.2, 0.25) is 5.91 Å². The van der Waals surface area contributed by atoms with Crippen LogP contribution in [0.3, 0.4) is 0 Å². The van der Waals surface area contributed by atoms with Crippen molar-refractivity contribution in [2.75, 3.05) is 12.4 Å². The van der Waals surface area contributed by atoms with Crippen LogP contribution < -0.4 is 5.32 Å². The van der Waals surface area contributed by atoms with Crippen molar-refractivity contribution in [3.63, 3.8) is 0 Å². The topological polar surface area (TPSA) is 65.3 Å². The molecule has 2 aromatic heterocycles. The van der Waals surface area contributed by atoms with E-state index < -0.39 is 5.97 Å².